The summed E-state index contributed by atoms with van der Waals surface area (Å²) >= 11 is 0. The zero-order valence-electron chi connectivity index (χ0n) is 24.8. The molecule has 0 aliphatic heterocycles. The smallest absolute Gasteiger partial charge is 0.224 e. The van der Waals surface area contributed by atoms with Crippen molar-refractivity contribution in [1.82, 2.24) is 5.32 Å². The largest absolute Gasteiger partial charge is 0.493 e. The van der Waals surface area contributed by atoms with Gasteiger partial charge in [0.2, 0.25) is 11.8 Å². The molecule has 4 unspecified atom stereocenters. The van der Waals surface area contributed by atoms with Crippen molar-refractivity contribution in [2.45, 2.75) is 92.4 Å². The van der Waals surface area contributed by atoms with Crippen molar-refractivity contribution in [3.05, 3.63) is 29.3 Å². The second kappa shape index (κ2) is 16.8. The Kier molecular flexibility index (Phi) is 15.0. The van der Waals surface area contributed by atoms with E-state index >= 15 is 0 Å². The van der Waals surface area contributed by atoms with Gasteiger partial charge in [-0.25, -0.2) is 0 Å². The van der Waals surface area contributed by atoms with E-state index in [1.807, 2.05) is 32.0 Å². The number of ether oxygens (including phenoxy) is 1. The van der Waals surface area contributed by atoms with Gasteiger partial charge < -0.3 is 36.8 Å². The van der Waals surface area contributed by atoms with Gasteiger partial charge in [0, 0.05) is 30.7 Å². The molecule has 39 heavy (non-hydrogen) atoms. The lowest BCUT2D eigenvalue weighted by atomic mass is 9.80. The molecule has 0 bridgehead atoms. The molecule has 8 N–H and O–H groups in total. The molecule has 224 valence electrons. The second-order valence-electron chi connectivity index (χ2n) is 12.1. The van der Waals surface area contributed by atoms with Gasteiger partial charge in [0.1, 0.15) is 5.75 Å². The Balaban J connectivity index is 2.87. The van der Waals surface area contributed by atoms with Crippen LogP contribution in [0.2, 0.25) is 0 Å². The van der Waals surface area contributed by atoms with Gasteiger partial charge >= 0.3 is 0 Å². The van der Waals surface area contributed by atoms with Gasteiger partial charge in [-0.3, -0.25) is 9.59 Å². The number of primary amides is 1. The standard InChI is InChI=1S/C30H53N3O6/c1-19(2)23(13-21-9-10-22(17-35)27(14-21)39-12-8-7-11-34)15-25(31)26(36)16-24(20(3)4)28(37)33-18-30(5,6)29(32)38/h9-10,14,19-20,23-26,34-36H,7-8,11-13,15-18,31H2,1-6H3,(H2,32,38)(H,33,37). The first-order chi connectivity index (χ1) is 18.2. The molecule has 0 saturated carbocycles. The van der Waals surface area contributed by atoms with Gasteiger partial charge in [-0.2, -0.15) is 0 Å². The topological polar surface area (TPSA) is 168 Å². The molecule has 0 aliphatic rings. The Bertz CT molecular complexity index is 889. The van der Waals surface area contributed by atoms with Crippen LogP contribution in [-0.2, 0) is 22.6 Å². The number of aliphatic hydroxyl groups excluding tert-OH is 3. The Hall–Kier alpha value is -2.20. The molecule has 0 fully saturated rings. The molecule has 0 aromatic heterocycles. The van der Waals surface area contributed by atoms with Crippen LogP contribution >= 0.6 is 0 Å². The molecule has 0 spiro atoms. The number of hydrogen-bond acceptors (Lipinski definition) is 7. The molecule has 4 atom stereocenters. The average Bonchev–Trinajstić information content (AvgIpc) is 2.87. The Morgan fingerprint density at radius 3 is 2.26 bits per heavy atom. The number of rotatable bonds is 19. The number of nitrogens with two attached hydrogens (primary N) is 2. The number of benzene rings is 1. The van der Waals surface area contributed by atoms with E-state index < -0.39 is 29.4 Å². The Labute approximate surface area is 234 Å². The number of amides is 2. The first-order valence-electron chi connectivity index (χ1n) is 14.2. The summed E-state index contributed by atoms with van der Waals surface area (Å²) in [6.45, 7) is 12.1. The van der Waals surface area contributed by atoms with Crippen molar-refractivity contribution in [1.29, 1.82) is 0 Å². The first kappa shape index (κ1) is 34.8. The van der Waals surface area contributed by atoms with Gasteiger partial charge in [-0.05, 0) is 75.3 Å². The zero-order valence-corrected chi connectivity index (χ0v) is 24.8. The normalized spacial score (nSPS) is 15.2. The fraction of sp³-hybridized carbons (Fsp3) is 0.733. The van der Waals surface area contributed by atoms with Gasteiger partial charge in [0.15, 0.2) is 0 Å². The van der Waals surface area contributed by atoms with E-state index in [1.54, 1.807) is 13.8 Å². The monoisotopic (exact) mass is 551 g/mol. The van der Waals surface area contributed by atoms with Gasteiger partial charge in [-0.1, -0.05) is 39.8 Å². The minimum Gasteiger partial charge on any atom is -0.493 e. The minimum absolute atomic E-state index is 0.0229. The number of hydrogen-bond donors (Lipinski definition) is 6. The Morgan fingerprint density at radius 2 is 1.72 bits per heavy atom. The van der Waals surface area contributed by atoms with Gasteiger partial charge in [-0.15, -0.1) is 0 Å². The van der Waals surface area contributed by atoms with Crippen molar-refractivity contribution < 1.29 is 29.6 Å². The molecule has 9 heteroatoms. The molecule has 2 amide bonds. The molecule has 0 saturated heterocycles. The summed E-state index contributed by atoms with van der Waals surface area (Å²) in [6.07, 6.45) is 2.06. The number of unbranched alkanes of at least 4 members (excludes halogenated alkanes) is 1. The predicted octanol–water partition coefficient (Wildman–Crippen LogP) is 2.51. The molecule has 9 nitrogen and oxygen atoms in total. The van der Waals surface area contributed by atoms with Crippen LogP contribution in [0.1, 0.15) is 78.4 Å². The van der Waals surface area contributed by atoms with Crippen LogP contribution in [0, 0.1) is 29.1 Å². The van der Waals surface area contributed by atoms with E-state index in [0.717, 1.165) is 18.4 Å². The lowest BCUT2D eigenvalue weighted by molar-refractivity contribution is -0.130. The van der Waals surface area contributed by atoms with Crippen LogP contribution in [0.3, 0.4) is 0 Å². The highest BCUT2D eigenvalue weighted by Crippen LogP contribution is 2.28. The van der Waals surface area contributed by atoms with E-state index in [1.165, 1.54) is 0 Å². The average molecular weight is 552 g/mol. The van der Waals surface area contributed by atoms with Crippen LogP contribution in [-0.4, -0.2) is 59.0 Å². The molecule has 0 heterocycles. The summed E-state index contributed by atoms with van der Waals surface area (Å²) < 4.78 is 5.88. The van der Waals surface area contributed by atoms with Gasteiger partial charge in [0.25, 0.3) is 0 Å². The maximum absolute atomic E-state index is 12.9. The van der Waals surface area contributed by atoms with E-state index in [2.05, 4.69) is 19.2 Å². The highest BCUT2D eigenvalue weighted by molar-refractivity contribution is 5.83. The van der Waals surface area contributed by atoms with Crippen molar-refractivity contribution in [2.24, 2.45) is 40.6 Å². The molecule has 1 aromatic rings. The summed E-state index contributed by atoms with van der Waals surface area (Å²) in [6, 6.07) is 5.29. The second-order valence-corrected chi connectivity index (χ2v) is 12.1. The zero-order chi connectivity index (χ0) is 29.8. The predicted molar refractivity (Wildman–Crippen MR) is 154 cm³/mol. The van der Waals surface area contributed by atoms with E-state index in [4.69, 9.17) is 21.3 Å². The number of carbonyl (C=O) groups excluding carboxylic acids is 2. The minimum atomic E-state index is -0.865. The van der Waals surface area contributed by atoms with E-state index in [0.29, 0.717) is 36.7 Å². The fourth-order valence-electron chi connectivity index (χ4n) is 4.43. The summed E-state index contributed by atoms with van der Waals surface area (Å²) in [7, 11) is 0. The third-order valence-corrected chi connectivity index (χ3v) is 7.63. The van der Waals surface area contributed by atoms with Crippen molar-refractivity contribution in [2.75, 3.05) is 19.8 Å². The molecule has 1 aromatic carbocycles. The lowest BCUT2D eigenvalue weighted by Gasteiger charge is -2.30. The SMILES string of the molecule is CC(C)C(Cc1ccc(CO)c(OCCCCO)c1)CC(N)C(O)CC(C(=O)NCC(C)(C)C(N)=O)C(C)C. The quantitative estimate of drug-likeness (QED) is 0.144. The van der Waals surface area contributed by atoms with Crippen molar-refractivity contribution >= 4 is 11.8 Å². The first-order valence-corrected chi connectivity index (χ1v) is 14.2. The molecule has 0 radical (unpaired) electrons. The third kappa shape index (κ3) is 11.8. The fourth-order valence-corrected chi connectivity index (χ4v) is 4.43. The number of nitrogens with one attached hydrogen (secondary N) is 1. The summed E-state index contributed by atoms with van der Waals surface area (Å²) in [4.78, 5) is 24.5. The van der Waals surface area contributed by atoms with Crippen LogP contribution < -0.4 is 21.5 Å². The highest BCUT2D eigenvalue weighted by atomic mass is 16.5. The summed E-state index contributed by atoms with van der Waals surface area (Å²) in [5.41, 5.74) is 12.8. The highest BCUT2D eigenvalue weighted by Gasteiger charge is 2.32. The maximum atomic E-state index is 12.9. The molecular weight excluding hydrogens is 498 g/mol. The summed E-state index contributed by atoms with van der Waals surface area (Å²) in [5.74, 6) is -0.0628. The molecule has 0 aliphatic carbocycles. The van der Waals surface area contributed by atoms with E-state index in [9.17, 15) is 19.8 Å². The molecule has 1 rings (SSSR count). The van der Waals surface area contributed by atoms with E-state index in [-0.39, 0.29) is 43.9 Å². The van der Waals surface area contributed by atoms with Crippen LogP contribution in [0.25, 0.3) is 0 Å². The van der Waals surface area contributed by atoms with Crippen LogP contribution in [0.15, 0.2) is 18.2 Å². The van der Waals surface area contributed by atoms with Gasteiger partial charge in [0.05, 0.1) is 24.7 Å². The molecular formula is C30H53N3O6. The van der Waals surface area contributed by atoms with Crippen LogP contribution in [0.5, 0.6) is 5.75 Å². The lowest BCUT2D eigenvalue weighted by Crippen LogP contribution is -2.46. The Morgan fingerprint density at radius 1 is 1.05 bits per heavy atom. The maximum Gasteiger partial charge on any atom is 0.224 e. The van der Waals surface area contributed by atoms with Crippen LogP contribution in [0.4, 0.5) is 0 Å². The van der Waals surface area contributed by atoms with Crippen molar-refractivity contribution in [3.8, 4) is 5.75 Å². The summed E-state index contributed by atoms with van der Waals surface area (Å²) in [5, 5.41) is 32.5. The number of carbonyl (C=O) groups is 2. The third-order valence-electron chi connectivity index (χ3n) is 7.63. The van der Waals surface area contributed by atoms with Crippen molar-refractivity contribution in [3.63, 3.8) is 0 Å². The number of aliphatic hydroxyl groups is 3.